The van der Waals surface area contributed by atoms with E-state index in [9.17, 15) is 9.59 Å². The largest absolute Gasteiger partial charge is 0.325 e. The fraction of sp³-hybridized carbons (Fsp3) is 0.222. The van der Waals surface area contributed by atoms with Crippen LogP contribution in [0.4, 0.5) is 11.4 Å². The Morgan fingerprint density at radius 3 is 1.88 bits per heavy atom. The Hall–Kier alpha value is -1.56. The molecule has 7 heteroatoms. The number of hydrogen-bond acceptors (Lipinski definition) is 2. The van der Waals surface area contributed by atoms with Crippen LogP contribution in [0.15, 0.2) is 48.5 Å². The number of carbonyl (C=O) groups is 2. The lowest BCUT2D eigenvalue weighted by Crippen LogP contribution is -2.13. The minimum absolute atomic E-state index is 0.00562. The maximum atomic E-state index is 11.0. The number of halogens is 3. The molecule has 2 rings (SSSR count). The first kappa shape index (κ1) is 21.5. The van der Waals surface area contributed by atoms with Crippen LogP contribution in [0.25, 0.3) is 0 Å². The minimum Gasteiger partial charge on any atom is -0.325 e. The zero-order chi connectivity index (χ0) is 18.7. The molecule has 0 saturated carbocycles. The topological polar surface area (TPSA) is 58.2 Å². The molecule has 0 bridgehead atoms. The average Bonchev–Trinajstić information content (AvgIpc) is 2.64. The molecule has 0 aromatic heterocycles. The second kappa shape index (κ2) is 11.9. The summed E-state index contributed by atoms with van der Waals surface area (Å²) in [5.74, 6) is -0.383. The Morgan fingerprint density at radius 1 is 0.880 bits per heavy atom. The van der Waals surface area contributed by atoms with E-state index in [0.717, 1.165) is 22.5 Å². The maximum absolute atomic E-state index is 11.0. The molecule has 0 unspecified atom stereocenters. The highest BCUT2D eigenvalue weighted by Crippen LogP contribution is 2.17. The zero-order valence-corrected chi connectivity index (χ0v) is 16.8. The number of anilines is 2. The molecule has 0 atom stereocenters. The first-order chi connectivity index (χ1) is 12.0. The molecule has 0 saturated heterocycles. The van der Waals surface area contributed by atoms with E-state index in [2.05, 4.69) is 26.6 Å². The van der Waals surface area contributed by atoms with Gasteiger partial charge in [0.05, 0.1) is 0 Å². The Morgan fingerprint density at radius 2 is 1.36 bits per heavy atom. The smallest absolute Gasteiger partial charge is 0.239 e. The van der Waals surface area contributed by atoms with E-state index in [-0.39, 0.29) is 23.6 Å². The van der Waals surface area contributed by atoms with E-state index in [4.69, 9.17) is 23.2 Å². The SMILES string of the molecule is Cc1ccccc1NC(=O)CCl.O=C(CCl)Nc1ccccc1CBr. The van der Waals surface area contributed by atoms with Crippen LogP contribution in [0.1, 0.15) is 11.1 Å². The van der Waals surface area contributed by atoms with Crippen molar-refractivity contribution in [3.63, 3.8) is 0 Å². The third kappa shape index (κ3) is 7.90. The Kier molecular flexibility index (Phi) is 10.2. The third-order valence-electron chi connectivity index (χ3n) is 3.10. The van der Waals surface area contributed by atoms with E-state index >= 15 is 0 Å². The summed E-state index contributed by atoms with van der Waals surface area (Å²) in [6.07, 6.45) is 0. The van der Waals surface area contributed by atoms with Gasteiger partial charge in [-0.3, -0.25) is 9.59 Å². The molecular formula is C18H19BrCl2N2O2. The number of nitrogens with one attached hydrogen (secondary N) is 2. The highest BCUT2D eigenvalue weighted by Gasteiger charge is 2.03. The number of amides is 2. The summed E-state index contributed by atoms with van der Waals surface area (Å²) < 4.78 is 0. The maximum Gasteiger partial charge on any atom is 0.239 e. The van der Waals surface area contributed by atoms with Crippen LogP contribution in [-0.2, 0) is 14.9 Å². The van der Waals surface area contributed by atoms with Crippen LogP contribution in [0, 0.1) is 6.92 Å². The molecule has 2 amide bonds. The zero-order valence-electron chi connectivity index (χ0n) is 13.7. The van der Waals surface area contributed by atoms with Crippen LogP contribution >= 0.6 is 39.1 Å². The van der Waals surface area contributed by atoms with Crippen molar-refractivity contribution in [3.05, 3.63) is 59.7 Å². The Bertz CT molecular complexity index is 711. The summed E-state index contributed by atoms with van der Waals surface area (Å²) in [4.78, 5) is 21.9. The number of benzene rings is 2. The predicted molar refractivity (Wildman–Crippen MR) is 109 cm³/mol. The van der Waals surface area contributed by atoms with E-state index in [0.29, 0.717) is 5.33 Å². The molecule has 0 aliphatic carbocycles. The van der Waals surface area contributed by atoms with Crippen molar-refractivity contribution in [2.24, 2.45) is 0 Å². The van der Waals surface area contributed by atoms with E-state index in [1.54, 1.807) is 0 Å². The summed E-state index contributed by atoms with van der Waals surface area (Å²) in [5.41, 5.74) is 3.71. The predicted octanol–water partition coefficient (Wildman–Crippen LogP) is 4.93. The van der Waals surface area contributed by atoms with Gasteiger partial charge in [-0.25, -0.2) is 0 Å². The third-order valence-corrected chi connectivity index (χ3v) is 4.19. The molecule has 0 spiro atoms. The number of carbonyl (C=O) groups excluding carboxylic acids is 2. The van der Waals surface area contributed by atoms with Crippen LogP contribution in [0.2, 0.25) is 0 Å². The van der Waals surface area contributed by atoms with Gasteiger partial charge in [-0.2, -0.15) is 0 Å². The molecule has 134 valence electrons. The summed E-state index contributed by atoms with van der Waals surface area (Å²) in [7, 11) is 0. The molecule has 0 fully saturated rings. The van der Waals surface area contributed by atoms with Crippen molar-refractivity contribution >= 4 is 62.3 Å². The number of aryl methyl sites for hydroxylation is 1. The lowest BCUT2D eigenvalue weighted by Gasteiger charge is -2.06. The number of para-hydroxylation sites is 2. The van der Waals surface area contributed by atoms with Crippen molar-refractivity contribution in [1.82, 2.24) is 0 Å². The quantitative estimate of drug-likeness (QED) is 0.641. The van der Waals surface area contributed by atoms with Crippen LogP contribution in [0.5, 0.6) is 0 Å². The van der Waals surface area contributed by atoms with Crippen molar-refractivity contribution < 1.29 is 9.59 Å². The van der Waals surface area contributed by atoms with Gasteiger partial charge in [0.25, 0.3) is 0 Å². The number of hydrogen-bond donors (Lipinski definition) is 2. The molecule has 0 aliphatic heterocycles. The van der Waals surface area contributed by atoms with Gasteiger partial charge in [-0.05, 0) is 30.2 Å². The van der Waals surface area contributed by atoms with Crippen LogP contribution in [0.3, 0.4) is 0 Å². The molecule has 2 aromatic carbocycles. The lowest BCUT2D eigenvalue weighted by molar-refractivity contribution is -0.114. The van der Waals surface area contributed by atoms with Gasteiger partial charge in [0.2, 0.25) is 11.8 Å². The molecule has 0 heterocycles. The molecule has 25 heavy (non-hydrogen) atoms. The molecule has 2 aromatic rings. The van der Waals surface area contributed by atoms with Crippen LogP contribution in [-0.4, -0.2) is 23.6 Å². The molecule has 4 nitrogen and oxygen atoms in total. The molecule has 0 radical (unpaired) electrons. The highest BCUT2D eigenvalue weighted by molar-refractivity contribution is 9.08. The Labute approximate surface area is 166 Å². The van der Waals surface area contributed by atoms with Gasteiger partial charge in [-0.1, -0.05) is 52.3 Å². The summed E-state index contributed by atoms with van der Waals surface area (Å²) in [6, 6.07) is 15.2. The first-order valence-corrected chi connectivity index (χ1v) is 9.62. The van der Waals surface area contributed by atoms with Gasteiger partial charge >= 0.3 is 0 Å². The summed E-state index contributed by atoms with van der Waals surface area (Å²) in [6.45, 7) is 1.93. The van der Waals surface area contributed by atoms with Crippen molar-refractivity contribution in [1.29, 1.82) is 0 Å². The number of rotatable bonds is 5. The summed E-state index contributed by atoms with van der Waals surface area (Å²) >= 11 is 14.1. The van der Waals surface area contributed by atoms with Crippen molar-refractivity contribution in [2.75, 3.05) is 22.4 Å². The van der Waals surface area contributed by atoms with Gasteiger partial charge in [0, 0.05) is 16.7 Å². The second-order valence-electron chi connectivity index (χ2n) is 4.97. The van der Waals surface area contributed by atoms with E-state index in [1.165, 1.54) is 0 Å². The normalized spacial score (nSPS) is 9.60. The fourth-order valence-electron chi connectivity index (χ4n) is 1.84. The lowest BCUT2D eigenvalue weighted by atomic mass is 10.2. The van der Waals surface area contributed by atoms with Gasteiger partial charge in [-0.15, -0.1) is 23.2 Å². The van der Waals surface area contributed by atoms with Crippen LogP contribution < -0.4 is 10.6 Å². The molecule has 2 N–H and O–H groups in total. The highest BCUT2D eigenvalue weighted by atomic mass is 79.9. The van der Waals surface area contributed by atoms with Crippen molar-refractivity contribution in [3.8, 4) is 0 Å². The van der Waals surface area contributed by atoms with E-state index in [1.807, 2.05) is 55.5 Å². The minimum atomic E-state index is -0.185. The molecule has 0 aliphatic rings. The number of alkyl halides is 3. The second-order valence-corrected chi connectivity index (χ2v) is 6.06. The van der Waals surface area contributed by atoms with Gasteiger partial charge in [0.1, 0.15) is 11.8 Å². The monoisotopic (exact) mass is 444 g/mol. The Balaban J connectivity index is 0.000000251. The standard InChI is InChI=1S/C9H9BrClNO.C9H10ClNO/c10-5-7-3-1-2-4-8(7)12-9(13)6-11;1-7-4-2-3-5-8(7)11-9(12)6-10/h1-4H,5-6H2,(H,12,13);2-5H,6H2,1H3,(H,11,12). The van der Waals surface area contributed by atoms with Gasteiger partial charge < -0.3 is 10.6 Å². The fourth-order valence-corrected chi connectivity index (χ4v) is 2.46. The van der Waals surface area contributed by atoms with Gasteiger partial charge in [0.15, 0.2) is 0 Å². The first-order valence-electron chi connectivity index (χ1n) is 7.43. The summed E-state index contributed by atoms with van der Waals surface area (Å²) in [5, 5.41) is 6.11. The van der Waals surface area contributed by atoms with Crippen molar-refractivity contribution in [2.45, 2.75) is 12.3 Å². The average molecular weight is 446 g/mol. The molecular weight excluding hydrogens is 427 g/mol. The van der Waals surface area contributed by atoms with E-state index < -0.39 is 0 Å².